The van der Waals surface area contributed by atoms with E-state index in [-0.39, 0.29) is 11.7 Å². The van der Waals surface area contributed by atoms with Crippen molar-refractivity contribution >= 4 is 28.9 Å². The van der Waals surface area contributed by atoms with Gasteiger partial charge in [-0.05, 0) is 23.8 Å². The Morgan fingerprint density at radius 1 is 1.30 bits per heavy atom. The maximum atomic E-state index is 11.6. The number of amides is 4. The van der Waals surface area contributed by atoms with Gasteiger partial charge >= 0.3 is 6.03 Å². The van der Waals surface area contributed by atoms with Gasteiger partial charge in [0.05, 0.1) is 11.1 Å². The summed E-state index contributed by atoms with van der Waals surface area (Å²) in [5, 5.41) is 14.1. The van der Waals surface area contributed by atoms with Crippen LogP contribution in [0.5, 0.6) is 5.75 Å². The number of aromatic nitrogens is 1. The van der Waals surface area contributed by atoms with Crippen molar-refractivity contribution in [2.75, 3.05) is 7.05 Å². The van der Waals surface area contributed by atoms with Gasteiger partial charge in [-0.25, -0.2) is 4.79 Å². The van der Waals surface area contributed by atoms with Crippen LogP contribution in [0.3, 0.4) is 0 Å². The van der Waals surface area contributed by atoms with Crippen LogP contribution >= 0.6 is 0 Å². The normalized spacial score (nSPS) is 17.1. The summed E-state index contributed by atoms with van der Waals surface area (Å²) in [6.07, 6.45) is 6.88. The monoisotopic (exact) mass is 404 g/mol. The number of hydrogen-bond donors (Lipinski definition) is 3. The second-order valence-electron chi connectivity index (χ2n) is 6.73. The van der Waals surface area contributed by atoms with E-state index in [2.05, 4.69) is 21.5 Å². The predicted molar refractivity (Wildman–Crippen MR) is 105 cm³/mol. The van der Waals surface area contributed by atoms with E-state index in [9.17, 15) is 19.5 Å². The summed E-state index contributed by atoms with van der Waals surface area (Å²) in [5.41, 5.74) is 2.90. The molecule has 3 N–H and O–H groups in total. The first kappa shape index (κ1) is 19.0. The highest BCUT2D eigenvalue weighted by atomic mass is 16.3. The third-order valence-corrected chi connectivity index (χ3v) is 4.75. The molecular weight excluding hydrogens is 388 g/mol. The lowest BCUT2D eigenvalue weighted by atomic mass is 10.0. The van der Waals surface area contributed by atoms with Gasteiger partial charge in [-0.1, -0.05) is 12.0 Å². The number of terminal acetylenes is 1. The fraction of sp³-hybridized carbons (Fsp3) is 0.143. The number of urea groups is 1. The van der Waals surface area contributed by atoms with E-state index in [1.807, 2.05) is 0 Å². The molecule has 1 unspecified atom stereocenters. The zero-order valence-electron chi connectivity index (χ0n) is 15.8. The van der Waals surface area contributed by atoms with E-state index in [4.69, 9.17) is 10.8 Å². The maximum absolute atomic E-state index is 11.6. The number of imide groups is 1. The van der Waals surface area contributed by atoms with E-state index < -0.39 is 18.0 Å². The van der Waals surface area contributed by atoms with E-state index >= 15 is 0 Å². The molecule has 4 amide bonds. The summed E-state index contributed by atoms with van der Waals surface area (Å²) in [7, 11) is 1.71. The number of rotatable bonds is 1. The van der Waals surface area contributed by atoms with E-state index in [1.165, 1.54) is 6.07 Å². The Morgan fingerprint density at radius 3 is 2.77 bits per heavy atom. The lowest BCUT2D eigenvalue weighted by molar-refractivity contribution is -0.120. The van der Waals surface area contributed by atoms with Gasteiger partial charge in [-0.2, -0.15) is 0 Å². The van der Waals surface area contributed by atoms with Crippen LogP contribution in [0, 0.1) is 12.3 Å². The second-order valence-corrected chi connectivity index (χ2v) is 6.73. The van der Waals surface area contributed by atoms with Gasteiger partial charge in [-0.3, -0.25) is 19.9 Å². The third kappa shape index (κ3) is 3.20. The number of pyridine rings is 1. The SMILES string of the molecule is C#Cc1c(O)ccc2c1C(=O)N(C)C2.O=C1NC(=O)C(c2cc3ncccc3o2)N1. The molecule has 2 aliphatic heterocycles. The van der Waals surface area contributed by atoms with Gasteiger partial charge in [0.1, 0.15) is 17.0 Å². The summed E-state index contributed by atoms with van der Waals surface area (Å²) in [6.45, 7) is 0.559. The van der Waals surface area contributed by atoms with Crippen molar-refractivity contribution in [3.63, 3.8) is 0 Å². The first-order valence-corrected chi connectivity index (χ1v) is 8.91. The van der Waals surface area contributed by atoms with Crippen molar-refractivity contribution in [2.45, 2.75) is 12.6 Å². The number of nitrogens with one attached hydrogen (secondary N) is 2. The van der Waals surface area contributed by atoms with Gasteiger partial charge in [0.2, 0.25) is 0 Å². The number of carbonyl (C=O) groups is 3. The number of benzene rings is 1. The Hall–Kier alpha value is -4.32. The number of fused-ring (bicyclic) bond motifs is 2. The molecule has 0 aliphatic carbocycles. The number of furan rings is 1. The number of phenols is 1. The molecule has 5 rings (SSSR count). The molecule has 0 bridgehead atoms. The molecule has 3 aromatic rings. The Labute approximate surface area is 170 Å². The maximum Gasteiger partial charge on any atom is 0.322 e. The average Bonchev–Trinajstić information content (AvgIpc) is 3.38. The Balaban J connectivity index is 0.000000147. The zero-order chi connectivity index (χ0) is 21.4. The molecule has 0 radical (unpaired) electrons. The van der Waals surface area contributed by atoms with Gasteiger partial charge in [0, 0.05) is 25.9 Å². The quantitative estimate of drug-likeness (QED) is 0.419. The number of phenolic OH excluding ortho intramolecular Hbond substituents is 1. The largest absolute Gasteiger partial charge is 0.507 e. The van der Waals surface area contributed by atoms with E-state index in [0.717, 1.165) is 5.56 Å². The van der Waals surface area contributed by atoms with E-state index in [0.29, 0.717) is 34.5 Å². The second kappa shape index (κ2) is 7.25. The summed E-state index contributed by atoms with van der Waals surface area (Å²) in [5.74, 6) is 2.20. The Kier molecular flexibility index (Phi) is 4.60. The number of nitrogens with zero attached hydrogens (tertiary/aromatic N) is 2. The zero-order valence-corrected chi connectivity index (χ0v) is 15.8. The molecular formula is C21H16N4O5. The van der Waals surface area contributed by atoms with Crippen molar-refractivity contribution < 1.29 is 23.9 Å². The highest BCUT2D eigenvalue weighted by Crippen LogP contribution is 2.30. The molecule has 1 atom stereocenters. The minimum atomic E-state index is -0.762. The van der Waals surface area contributed by atoms with E-state index in [1.54, 1.807) is 42.4 Å². The molecule has 4 heterocycles. The molecule has 2 aromatic heterocycles. The minimum Gasteiger partial charge on any atom is -0.507 e. The summed E-state index contributed by atoms with van der Waals surface area (Å²) >= 11 is 0. The fourth-order valence-corrected chi connectivity index (χ4v) is 3.32. The van der Waals surface area contributed by atoms with Crippen LogP contribution in [0.15, 0.2) is 40.9 Å². The van der Waals surface area contributed by atoms with Crippen LogP contribution in [0.1, 0.15) is 33.3 Å². The van der Waals surface area contributed by atoms with Crippen molar-refractivity contribution in [3.05, 3.63) is 59.0 Å². The average molecular weight is 404 g/mol. The van der Waals surface area contributed by atoms with Crippen LogP contribution in [0.4, 0.5) is 4.79 Å². The lowest BCUT2D eigenvalue weighted by Gasteiger charge is -2.05. The first-order chi connectivity index (χ1) is 14.4. The molecule has 9 heteroatoms. The highest BCUT2D eigenvalue weighted by molar-refractivity contribution is 6.04. The van der Waals surface area contributed by atoms with Gasteiger partial charge in [-0.15, -0.1) is 6.42 Å². The molecule has 1 fully saturated rings. The summed E-state index contributed by atoms with van der Waals surface area (Å²) in [6, 6.07) is 7.12. The molecule has 9 nitrogen and oxygen atoms in total. The van der Waals surface area contributed by atoms with Crippen molar-refractivity contribution in [3.8, 4) is 18.1 Å². The third-order valence-electron chi connectivity index (χ3n) is 4.75. The minimum absolute atomic E-state index is 0.00472. The van der Waals surface area contributed by atoms with Crippen LogP contribution < -0.4 is 10.6 Å². The predicted octanol–water partition coefficient (Wildman–Crippen LogP) is 1.67. The number of carbonyl (C=O) groups excluding carboxylic acids is 3. The molecule has 2 aliphatic rings. The summed E-state index contributed by atoms with van der Waals surface area (Å²) in [4.78, 5) is 39.6. The lowest BCUT2D eigenvalue weighted by Crippen LogP contribution is -2.22. The molecule has 30 heavy (non-hydrogen) atoms. The van der Waals surface area contributed by atoms with Crippen LogP contribution in [-0.4, -0.2) is 39.9 Å². The molecule has 1 saturated heterocycles. The molecule has 0 spiro atoms. The fourth-order valence-electron chi connectivity index (χ4n) is 3.32. The molecule has 1 aromatic carbocycles. The molecule has 150 valence electrons. The topological polar surface area (TPSA) is 125 Å². The number of aromatic hydroxyl groups is 1. The highest BCUT2D eigenvalue weighted by Gasteiger charge is 2.33. The van der Waals surface area contributed by atoms with Crippen LogP contribution in [0.2, 0.25) is 0 Å². The summed E-state index contributed by atoms with van der Waals surface area (Å²) < 4.78 is 5.43. The van der Waals surface area contributed by atoms with Gasteiger partial charge < -0.3 is 19.7 Å². The van der Waals surface area contributed by atoms with Crippen LogP contribution in [0.25, 0.3) is 11.1 Å². The van der Waals surface area contributed by atoms with Gasteiger partial charge in [0.15, 0.2) is 11.6 Å². The molecule has 0 saturated carbocycles. The van der Waals surface area contributed by atoms with Crippen LogP contribution in [-0.2, 0) is 11.3 Å². The first-order valence-electron chi connectivity index (χ1n) is 8.91. The van der Waals surface area contributed by atoms with Crippen molar-refractivity contribution in [2.24, 2.45) is 0 Å². The van der Waals surface area contributed by atoms with Crippen molar-refractivity contribution in [1.29, 1.82) is 0 Å². The standard InChI is InChI=1S/C11H9NO2.C10H7N3O3/c1-3-8-9(13)5-4-7-6-12(2)11(14)10(7)8;14-9-8(12-10(15)13-9)7-4-5-6(16-7)2-1-3-11-5/h1,4-5,13H,6H2,2H3;1-4,8H,(H2,12,13,14,15). The number of hydrogen-bond acceptors (Lipinski definition) is 6. The smallest absolute Gasteiger partial charge is 0.322 e. The van der Waals surface area contributed by atoms with Gasteiger partial charge in [0.25, 0.3) is 11.8 Å². The Morgan fingerprint density at radius 2 is 2.10 bits per heavy atom. The Bertz CT molecular complexity index is 1210. The van der Waals surface area contributed by atoms with Crippen molar-refractivity contribution in [1.82, 2.24) is 20.5 Å².